The summed E-state index contributed by atoms with van der Waals surface area (Å²) in [4.78, 5) is 10.7. The summed E-state index contributed by atoms with van der Waals surface area (Å²) in [6.45, 7) is 2.66. The molecule has 0 aromatic carbocycles. The van der Waals surface area contributed by atoms with E-state index in [-0.39, 0.29) is 24.6 Å². The number of carboxylic acids is 1. The SMILES string of the molecule is CO[C@@H]([C@H]1CCCN1)[C@@H](C)C(=O)O.Cl. The van der Waals surface area contributed by atoms with E-state index in [9.17, 15) is 4.79 Å². The van der Waals surface area contributed by atoms with E-state index in [2.05, 4.69) is 5.32 Å². The van der Waals surface area contributed by atoms with E-state index in [4.69, 9.17) is 9.84 Å². The number of rotatable bonds is 4. The molecule has 2 N–H and O–H groups in total. The lowest BCUT2D eigenvalue weighted by Gasteiger charge is -2.25. The van der Waals surface area contributed by atoms with Crippen LogP contribution >= 0.6 is 12.4 Å². The van der Waals surface area contributed by atoms with Crippen LogP contribution in [0.2, 0.25) is 0 Å². The topological polar surface area (TPSA) is 58.6 Å². The van der Waals surface area contributed by atoms with Gasteiger partial charge in [0.2, 0.25) is 0 Å². The summed E-state index contributed by atoms with van der Waals surface area (Å²) in [5.74, 6) is -1.24. The number of hydrogen-bond donors (Lipinski definition) is 2. The lowest BCUT2D eigenvalue weighted by Crippen LogP contribution is -2.43. The molecule has 0 spiro atoms. The average Bonchev–Trinajstić information content (AvgIpc) is 2.58. The maximum Gasteiger partial charge on any atom is 0.308 e. The fraction of sp³-hybridized carbons (Fsp3) is 0.889. The molecule has 14 heavy (non-hydrogen) atoms. The fourth-order valence-corrected chi connectivity index (χ4v) is 1.85. The zero-order valence-electron chi connectivity index (χ0n) is 8.53. The Balaban J connectivity index is 0.00000169. The van der Waals surface area contributed by atoms with Crippen molar-refractivity contribution in [1.29, 1.82) is 0 Å². The van der Waals surface area contributed by atoms with Gasteiger partial charge in [-0.25, -0.2) is 0 Å². The molecule has 1 aliphatic rings. The molecule has 0 amide bonds. The summed E-state index contributed by atoms with van der Waals surface area (Å²) in [6.07, 6.45) is 1.91. The summed E-state index contributed by atoms with van der Waals surface area (Å²) in [6, 6.07) is 0.205. The number of carboxylic acid groups (broad SMARTS) is 1. The molecule has 1 aliphatic heterocycles. The lowest BCUT2D eigenvalue weighted by atomic mass is 9.97. The fourth-order valence-electron chi connectivity index (χ4n) is 1.85. The Bertz CT molecular complexity index is 183. The highest BCUT2D eigenvalue weighted by Gasteiger charge is 2.32. The van der Waals surface area contributed by atoms with Gasteiger partial charge < -0.3 is 15.2 Å². The second-order valence-corrected chi connectivity index (χ2v) is 3.53. The zero-order valence-corrected chi connectivity index (χ0v) is 9.34. The van der Waals surface area contributed by atoms with Crippen LogP contribution in [0.15, 0.2) is 0 Å². The molecule has 0 unspecified atom stereocenters. The number of aliphatic carboxylic acids is 1. The Hall–Kier alpha value is -0.320. The normalized spacial score (nSPS) is 25.1. The Morgan fingerprint density at radius 3 is 2.64 bits per heavy atom. The molecule has 5 heteroatoms. The third kappa shape index (κ3) is 3.12. The highest BCUT2D eigenvalue weighted by atomic mass is 35.5. The van der Waals surface area contributed by atoms with E-state index in [1.807, 2.05) is 0 Å². The highest BCUT2D eigenvalue weighted by Crippen LogP contribution is 2.18. The summed E-state index contributed by atoms with van der Waals surface area (Å²) in [5, 5.41) is 12.1. The van der Waals surface area contributed by atoms with Gasteiger partial charge in [0, 0.05) is 13.2 Å². The molecule has 84 valence electrons. The van der Waals surface area contributed by atoms with Crippen LogP contribution in [-0.2, 0) is 9.53 Å². The third-order valence-electron chi connectivity index (χ3n) is 2.65. The minimum atomic E-state index is -0.791. The molecule has 1 heterocycles. The van der Waals surface area contributed by atoms with Crippen molar-refractivity contribution in [2.75, 3.05) is 13.7 Å². The van der Waals surface area contributed by atoms with Gasteiger partial charge in [-0.2, -0.15) is 0 Å². The van der Waals surface area contributed by atoms with Gasteiger partial charge in [-0.15, -0.1) is 12.4 Å². The van der Waals surface area contributed by atoms with Gasteiger partial charge in [0.15, 0.2) is 0 Å². The van der Waals surface area contributed by atoms with E-state index in [0.29, 0.717) is 0 Å². The van der Waals surface area contributed by atoms with E-state index in [1.54, 1.807) is 14.0 Å². The van der Waals surface area contributed by atoms with Gasteiger partial charge >= 0.3 is 5.97 Å². The van der Waals surface area contributed by atoms with Crippen molar-refractivity contribution in [1.82, 2.24) is 5.32 Å². The maximum atomic E-state index is 10.7. The van der Waals surface area contributed by atoms with Crippen molar-refractivity contribution >= 4 is 18.4 Å². The number of methoxy groups -OCH3 is 1. The summed E-state index contributed by atoms with van der Waals surface area (Å²) in [7, 11) is 1.57. The number of halogens is 1. The van der Waals surface area contributed by atoms with Crippen molar-refractivity contribution in [3.8, 4) is 0 Å². The molecular weight excluding hydrogens is 206 g/mol. The van der Waals surface area contributed by atoms with Crippen LogP contribution in [0, 0.1) is 5.92 Å². The molecule has 3 atom stereocenters. The molecule has 0 bridgehead atoms. The molecule has 1 rings (SSSR count). The van der Waals surface area contributed by atoms with Crippen LogP contribution in [0.25, 0.3) is 0 Å². The minimum Gasteiger partial charge on any atom is -0.481 e. The van der Waals surface area contributed by atoms with Crippen molar-refractivity contribution in [2.24, 2.45) is 5.92 Å². The van der Waals surface area contributed by atoms with Gasteiger partial charge in [0.25, 0.3) is 0 Å². The monoisotopic (exact) mass is 223 g/mol. The average molecular weight is 224 g/mol. The maximum absolute atomic E-state index is 10.7. The summed E-state index contributed by atoms with van der Waals surface area (Å²) >= 11 is 0. The van der Waals surface area contributed by atoms with Crippen LogP contribution in [-0.4, -0.2) is 36.9 Å². The highest BCUT2D eigenvalue weighted by molar-refractivity contribution is 5.85. The number of hydrogen-bond acceptors (Lipinski definition) is 3. The summed E-state index contributed by atoms with van der Waals surface area (Å²) in [5.41, 5.74) is 0. The molecule has 1 fully saturated rings. The molecular formula is C9H18ClNO3. The molecule has 0 aliphatic carbocycles. The van der Waals surface area contributed by atoms with Crippen LogP contribution in [0.3, 0.4) is 0 Å². The van der Waals surface area contributed by atoms with E-state index >= 15 is 0 Å². The van der Waals surface area contributed by atoms with Crippen molar-refractivity contribution in [2.45, 2.75) is 31.9 Å². The first-order chi connectivity index (χ1) is 6.16. The molecule has 0 radical (unpaired) electrons. The number of ether oxygens (including phenoxy) is 1. The number of carbonyl (C=O) groups is 1. The van der Waals surface area contributed by atoms with Gasteiger partial charge in [-0.05, 0) is 26.3 Å². The molecule has 4 nitrogen and oxygen atoms in total. The molecule has 1 saturated heterocycles. The standard InChI is InChI=1S/C9H17NO3.ClH/c1-6(9(11)12)8(13-2)7-4-3-5-10-7;/h6-8,10H,3-5H2,1-2H3,(H,11,12);1H/t6-,7-,8-;/m1./s1. The van der Waals surface area contributed by atoms with Gasteiger partial charge in [-0.3, -0.25) is 4.79 Å². The van der Waals surface area contributed by atoms with Crippen molar-refractivity contribution in [3.05, 3.63) is 0 Å². The van der Waals surface area contributed by atoms with Crippen molar-refractivity contribution < 1.29 is 14.6 Å². The largest absolute Gasteiger partial charge is 0.481 e. The Morgan fingerprint density at radius 2 is 2.29 bits per heavy atom. The smallest absolute Gasteiger partial charge is 0.308 e. The second kappa shape index (κ2) is 6.22. The molecule has 0 aromatic rings. The van der Waals surface area contributed by atoms with E-state index < -0.39 is 11.9 Å². The van der Waals surface area contributed by atoms with E-state index in [0.717, 1.165) is 19.4 Å². The van der Waals surface area contributed by atoms with Gasteiger partial charge in [-0.1, -0.05) is 0 Å². The quantitative estimate of drug-likeness (QED) is 0.744. The first-order valence-corrected chi connectivity index (χ1v) is 4.65. The van der Waals surface area contributed by atoms with Crippen LogP contribution < -0.4 is 5.32 Å². The third-order valence-corrected chi connectivity index (χ3v) is 2.65. The van der Waals surface area contributed by atoms with Crippen LogP contribution in [0.4, 0.5) is 0 Å². The second-order valence-electron chi connectivity index (χ2n) is 3.53. The van der Waals surface area contributed by atoms with Gasteiger partial charge in [0.05, 0.1) is 12.0 Å². The van der Waals surface area contributed by atoms with Crippen LogP contribution in [0.1, 0.15) is 19.8 Å². The minimum absolute atomic E-state index is 0. The first-order valence-electron chi connectivity index (χ1n) is 4.65. The Labute approximate surface area is 90.4 Å². The first kappa shape index (κ1) is 13.7. The molecule has 0 aromatic heterocycles. The van der Waals surface area contributed by atoms with Crippen molar-refractivity contribution in [3.63, 3.8) is 0 Å². The van der Waals surface area contributed by atoms with Gasteiger partial charge in [0.1, 0.15) is 0 Å². The molecule has 0 saturated carbocycles. The van der Waals surface area contributed by atoms with E-state index in [1.165, 1.54) is 0 Å². The predicted octanol–water partition coefficient (Wildman–Crippen LogP) is 0.896. The lowest BCUT2D eigenvalue weighted by molar-refractivity contribution is -0.146. The predicted molar refractivity (Wildman–Crippen MR) is 55.9 cm³/mol. The number of nitrogens with one attached hydrogen (secondary N) is 1. The zero-order chi connectivity index (χ0) is 9.84. The Morgan fingerprint density at radius 1 is 1.64 bits per heavy atom. The summed E-state index contributed by atoms with van der Waals surface area (Å²) < 4.78 is 5.21. The Kier molecular flexibility index (Phi) is 6.08. The van der Waals surface area contributed by atoms with Crippen LogP contribution in [0.5, 0.6) is 0 Å².